The maximum absolute atomic E-state index is 7.70. The lowest BCUT2D eigenvalue weighted by Gasteiger charge is -2.06. The van der Waals surface area contributed by atoms with Gasteiger partial charge in [0.1, 0.15) is 5.82 Å². The monoisotopic (exact) mass is 381 g/mol. The van der Waals surface area contributed by atoms with Gasteiger partial charge in [-0.15, -0.1) is 0 Å². The molecular formula is C14H16IN5. The first-order valence-corrected chi connectivity index (χ1v) is 7.71. The van der Waals surface area contributed by atoms with Crippen LogP contribution in [-0.4, -0.2) is 22.3 Å². The second-order valence-electron chi connectivity index (χ2n) is 4.87. The highest BCUT2D eigenvalue weighted by molar-refractivity contribution is 14.1. The number of hydrogen-bond acceptors (Lipinski definition) is 3. The quantitative estimate of drug-likeness (QED) is 0.404. The molecule has 2 heterocycles. The van der Waals surface area contributed by atoms with E-state index >= 15 is 0 Å². The number of nitrogen functional groups attached to an aromatic ring is 1. The van der Waals surface area contributed by atoms with Crippen molar-refractivity contribution >= 4 is 34.4 Å². The van der Waals surface area contributed by atoms with E-state index in [0.29, 0.717) is 0 Å². The van der Waals surface area contributed by atoms with Gasteiger partial charge < -0.3 is 11.1 Å². The van der Waals surface area contributed by atoms with Gasteiger partial charge in [-0.05, 0) is 54.0 Å². The Morgan fingerprint density at radius 3 is 3.00 bits per heavy atom. The Hall–Kier alpha value is -1.57. The minimum Gasteiger partial charge on any atom is -0.370 e. The van der Waals surface area contributed by atoms with Gasteiger partial charge in [0.25, 0.3) is 0 Å². The molecule has 0 fully saturated rings. The van der Waals surface area contributed by atoms with Gasteiger partial charge in [0, 0.05) is 21.2 Å². The van der Waals surface area contributed by atoms with Gasteiger partial charge >= 0.3 is 0 Å². The third kappa shape index (κ3) is 2.39. The van der Waals surface area contributed by atoms with Crippen molar-refractivity contribution in [1.82, 2.24) is 9.78 Å². The zero-order valence-electron chi connectivity index (χ0n) is 11.0. The lowest BCUT2D eigenvalue weighted by atomic mass is 10.0. The maximum atomic E-state index is 7.70. The van der Waals surface area contributed by atoms with Crippen LogP contribution in [0.2, 0.25) is 0 Å². The Morgan fingerprint density at radius 1 is 1.40 bits per heavy atom. The number of rotatable bonds is 1. The Balaban J connectivity index is 2.18. The Morgan fingerprint density at radius 2 is 2.25 bits per heavy atom. The normalized spacial score (nSPS) is 14.2. The smallest absolute Gasteiger partial charge is 0.215 e. The maximum Gasteiger partial charge on any atom is 0.215 e. The minimum absolute atomic E-state index is 0.0486. The molecule has 0 aliphatic carbocycles. The summed E-state index contributed by atoms with van der Waals surface area (Å²) in [6.07, 6.45) is 3.22. The molecule has 5 nitrogen and oxygen atoms in total. The van der Waals surface area contributed by atoms with E-state index in [1.165, 1.54) is 13.8 Å². The second-order valence-corrected chi connectivity index (χ2v) is 6.11. The van der Waals surface area contributed by atoms with Crippen LogP contribution < -0.4 is 11.1 Å². The zero-order chi connectivity index (χ0) is 14.1. The number of nitrogens with zero attached hydrogens (tertiary/aromatic N) is 2. The van der Waals surface area contributed by atoms with Crippen molar-refractivity contribution in [3.05, 3.63) is 33.4 Å². The van der Waals surface area contributed by atoms with Gasteiger partial charge in [-0.25, -0.2) is 0 Å². The minimum atomic E-state index is -0.0486. The Bertz CT molecular complexity index is 662. The van der Waals surface area contributed by atoms with Gasteiger partial charge in [-0.1, -0.05) is 12.1 Å². The van der Waals surface area contributed by atoms with Crippen LogP contribution in [-0.2, 0) is 6.42 Å². The van der Waals surface area contributed by atoms with Gasteiger partial charge in [0.05, 0.1) is 5.69 Å². The van der Waals surface area contributed by atoms with Crippen molar-refractivity contribution in [3.63, 3.8) is 0 Å². The van der Waals surface area contributed by atoms with E-state index in [4.69, 9.17) is 11.1 Å². The summed E-state index contributed by atoms with van der Waals surface area (Å²) < 4.78 is 2.68. The van der Waals surface area contributed by atoms with E-state index in [9.17, 15) is 0 Å². The van der Waals surface area contributed by atoms with E-state index in [2.05, 4.69) is 51.2 Å². The predicted octanol–water partition coefficient (Wildman–Crippen LogP) is 2.64. The number of benzene rings is 1. The molecule has 0 saturated heterocycles. The van der Waals surface area contributed by atoms with Gasteiger partial charge in [0.15, 0.2) is 0 Å². The summed E-state index contributed by atoms with van der Waals surface area (Å²) in [5, 5.41) is 15.6. The van der Waals surface area contributed by atoms with Crippen LogP contribution in [0.15, 0.2) is 24.3 Å². The van der Waals surface area contributed by atoms with Crippen molar-refractivity contribution in [2.45, 2.75) is 19.3 Å². The van der Waals surface area contributed by atoms with E-state index in [-0.39, 0.29) is 5.96 Å². The molecule has 1 aliphatic heterocycles. The summed E-state index contributed by atoms with van der Waals surface area (Å²) >= 11 is 2.30. The van der Waals surface area contributed by atoms with Crippen molar-refractivity contribution in [1.29, 1.82) is 5.41 Å². The van der Waals surface area contributed by atoms with Crippen LogP contribution in [0.1, 0.15) is 18.4 Å². The molecule has 1 aromatic carbocycles. The van der Waals surface area contributed by atoms with E-state index in [1.807, 2.05) is 6.07 Å². The number of nitrogens with one attached hydrogen (secondary N) is 2. The zero-order valence-corrected chi connectivity index (χ0v) is 13.1. The summed E-state index contributed by atoms with van der Waals surface area (Å²) in [6.45, 7) is 0.901. The third-order valence-corrected chi connectivity index (χ3v) is 4.13. The molecule has 0 bridgehead atoms. The Labute approximate surface area is 131 Å². The number of aromatic nitrogens is 2. The van der Waals surface area contributed by atoms with Crippen LogP contribution in [0.5, 0.6) is 0 Å². The molecule has 0 atom stereocenters. The first kappa shape index (κ1) is 13.4. The lowest BCUT2D eigenvalue weighted by Crippen LogP contribution is -2.24. The van der Waals surface area contributed by atoms with E-state index in [1.54, 1.807) is 0 Å². The number of fused-ring (bicyclic) bond motifs is 1. The molecular weight excluding hydrogens is 365 g/mol. The van der Waals surface area contributed by atoms with Crippen LogP contribution >= 0.6 is 22.6 Å². The summed E-state index contributed by atoms with van der Waals surface area (Å²) in [6, 6.07) is 8.25. The third-order valence-electron chi connectivity index (χ3n) is 3.46. The first-order chi connectivity index (χ1) is 9.66. The second kappa shape index (κ2) is 5.43. The molecule has 0 saturated carbocycles. The molecule has 1 aromatic heterocycles. The molecule has 0 unspecified atom stereocenters. The lowest BCUT2D eigenvalue weighted by molar-refractivity contribution is 0.781. The SMILES string of the molecule is N=C(N)n1nc(-c2cccc(I)c2)c2c1NCCCC2. The molecule has 1 aliphatic rings. The summed E-state index contributed by atoms with van der Waals surface area (Å²) in [7, 11) is 0. The highest BCUT2D eigenvalue weighted by atomic mass is 127. The molecule has 3 rings (SSSR count). The number of hydrogen-bond donors (Lipinski definition) is 3. The van der Waals surface area contributed by atoms with Crippen LogP contribution in [0.4, 0.5) is 5.82 Å². The predicted molar refractivity (Wildman–Crippen MR) is 89.1 cm³/mol. The van der Waals surface area contributed by atoms with Crippen LogP contribution in [0, 0.1) is 8.98 Å². The summed E-state index contributed by atoms with van der Waals surface area (Å²) in [4.78, 5) is 0. The van der Waals surface area contributed by atoms with Gasteiger partial charge in [-0.3, -0.25) is 5.41 Å². The first-order valence-electron chi connectivity index (χ1n) is 6.63. The molecule has 6 heteroatoms. The van der Waals surface area contributed by atoms with E-state index in [0.717, 1.165) is 42.9 Å². The van der Waals surface area contributed by atoms with Crippen molar-refractivity contribution in [2.75, 3.05) is 11.9 Å². The number of anilines is 1. The molecule has 104 valence electrons. The fourth-order valence-electron chi connectivity index (χ4n) is 2.54. The molecule has 0 radical (unpaired) electrons. The standard InChI is InChI=1S/C14H16IN5/c15-10-5-3-4-9(8-10)12-11-6-1-2-7-18-13(11)20(19-12)14(16)17/h3-5,8,18H,1-2,6-7H2,(H3,16,17). The fraction of sp³-hybridized carbons (Fsp3) is 0.286. The molecule has 4 N–H and O–H groups in total. The molecule has 0 spiro atoms. The number of halogens is 1. The van der Waals surface area contributed by atoms with Gasteiger partial charge in [0.2, 0.25) is 5.96 Å². The van der Waals surface area contributed by atoms with E-state index < -0.39 is 0 Å². The Kier molecular flexibility index (Phi) is 3.64. The van der Waals surface area contributed by atoms with Crippen LogP contribution in [0.25, 0.3) is 11.3 Å². The highest BCUT2D eigenvalue weighted by Gasteiger charge is 2.21. The molecule has 0 amide bonds. The van der Waals surface area contributed by atoms with Gasteiger partial charge in [-0.2, -0.15) is 9.78 Å². The van der Waals surface area contributed by atoms with Crippen LogP contribution in [0.3, 0.4) is 0 Å². The average molecular weight is 381 g/mol. The molecule has 20 heavy (non-hydrogen) atoms. The topological polar surface area (TPSA) is 79.7 Å². The highest BCUT2D eigenvalue weighted by Crippen LogP contribution is 2.32. The van der Waals surface area contributed by atoms with Crippen molar-refractivity contribution in [3.8, 4) is 11.3 Å². The van der Waals surface area contributed by atoms with Crippen molar-refractivity contribution in [2.24, 2.45) is 5.73 Å². The molecule has 2 aromatic rings. The average Bonchev–Trinajstić information content (AvgIpc) is 2.61. The number of nitrogens with two attached hydrogens (primary N) is 1. The fourth-order valence-corrected chi connectivity index (χ4v) is 3.09. The van der Waals surface area contributed by atoms with Crippen molar-refractivity contribution < 1.29 is 0 Å². The largest absolute Gasteiger partial charge is 0.370 e. The summed E-state index contributed by atoms with van der Waals surface area (Å²) in [5.74, 6) is 0.830. The summed E-state index contributed by atoms with van der Waals surface area (Å²) in [5.41, 5.74) is 8.83.